The molecule has 15 heavy (non-hydrogen) atoms. The Bertz CT molecular complexity index is 313. The number of carboxylic acid groups (broad SMARTS) is 1. The van der Waals surface area contributed by atoms with Crippen molar-refractivity contribution >= 4 is 19.4 Å². The average molecular weight is 226 g/mol. The topological polar surface area (TPSA) is 57.5 Å². The van der Waals surface area contributed by atoms with Crippen LogP contribution in [0.1, 0.15) is 13.3 Å². The van der Waals surface area contributed by atoms with Crippen LogP contribution in [-0.4, -0.2) is 22.1 Å². The van der Waals surface area contributed by atoms with Crippen LogP contribution in [0.25, 0.3) is 0 Å². The van der Waals surface area contributed by atoms with Gasteiger partial charge in [-0.15, -0.1) is 0 Å². The van der Waals surface area contributed by atoms with Crippen molar-refractivity contribution in [2.24, 2.45) is 5.92 Å². The number of rotatable bonds is 5. The summed E-state index contributed by atoms with van der Waals surface area (Å²) in [4.78, 5) is 20.7. The Morgan fingerprint density at radius 3 is 2.47 bits per heavy atom. The molecule has 0 amide bonds. The van der Waals surface area contributed by atoms with E-state index in [0.29, 0.717) is 12.6 Å². The van der Waals surface area contributed by atoms with Gasteiger partial charge in [-0.25, -0.2) is 0 Å². The summed E-state index contributed by atoms with van der Waals surface area (Å²) in [6, 6.07) is 9.24. The number of carboxylic acids is 1. The number of hydrogen-bond donors (Lipinski definition) is 2. The molecule has 1 rings (SSSR count). The van der Waals surface area contributed by atoms with Crippen LogP contribution in [-0.2, 0) is 4.79 Å². The lowest BCUT2D eigenvalue weighted by molar-refractivity contribution is -0.141. The fraction of sp³-hybridized carbons (Fsp3) is 0.364. The Labute approximate surface area is 90.6 Å². The maximum Gasteiger partial charge on any atom is 0.306 e. The van der Waals surface area contributed by atoms with Gasteiger partial charge in [0.25, 0.3) is 0 Å². The summed E-state index contributed by atoms with van der Waals surface area (Å²) < 4.78 is 0. The third kappa shape index (κ3) is 3.61. The number of aliphatic carboxylic acids is 1. The third-order valence-corrected chi connectivity index (χ3v) is 3.97. The Hall–Kier alpha value is -0.920. The molecule has 0 fully saturated rings. The normalized spacial score (nSPS) is 14.5. The highest BCUT2D eigenvalue weighted by Crippen LogP contribution is 2.32. The molecule has 0 radical (unpaired) electrons. The first-order chi connectivity index (χ1) is 7.15. The molecule has 0 aliphatic rings. The standard InChI is InChI=1S/C11H15O3P/c1-2-9(11(12)13)8-15(14)10-6-4-3-5-7-10/h3-7,9,14H,2,8H2,1H3,(H,12,13). The van der Waals surface area contributed by atoms with E-state index in [1.807, 2.05) is 37.3 Å². The molecule has 0 heterocycles. The van der Waals surface area contributed by atoms with Crippen molar-refractivity contribution in [2.45, 2.75) is 13.3 Å². The summed E-state index contributed by atoms with van der Waals surface area (Å²) in [6.45, 7) is 1.83. The molecule has 0 spiro atoms. The minimum absolute atomic E-state index is 0.338. The van der Waals surface area contributed by atoms with E-state index in [1.54, 1.807) is 0 Å². The van der Waals surface area contributed by atoms with Gasteiger partial charge in [-0.3, -0.25) is 4.79 Å². The second kappa shape index (κ2) is 5.84. The predicted octanol–water partition coefficient (Wildman–Crippen LogP) is 1.81. The zero-order valence-corrected chi connectivity index (χ0v) is 9.52. The van der Waals surface area contributed by atoms with E-state index in [0.717, 1.165) is 5.30 Å². The van der Waals surface area contributed by atoms with E-state index in [9.17, 15) is 9.69 Å². The molecule has 0 aliphatic heterocycles. The van der Waals surface area contributed by atoms with E-state index in [4.69, 9.17) is 5.11 Å². The van der Waals surface area contributed by atoms with Gasteiger partial charge in [-0.2, -0.15) is 0 Å². The van der Waals surface area contributed by atoms with Crippen molar-refractivity contribution in [3.05, 3.63) is 30.3 Å². The van der Waals surface area contributed by atoms with Gasteiger partial charge in [0.15, 0.2) is 0 Å². The van der Waals surface area contributed by atoms with Crippen LogP contribution in [0.5, 0.6) is 0 Å². The van der Waals surface area contributed by atoms with Crippen molar-refractivity contribution in [1.82, 2.24) is 0 Å². The predicted molar refractivity (Wildman–Crippen MR) is 61.5 cm³/mol. The smallest absolute Gasteiger partial charge is 0.306 e. The van der Waals surface area contributed by atoms with Crippen molar-refractivity contribution < 1.29 is 14.8 Å². The maximum atomic E-state index is 10.8. The first-order valence-corrected chi connectivity index (χ1v) is 6.37. The van der Waals surface area contributed by atoms with Gasteiger partial charge in [0.1, 0.15) is 0 Å². The molecule has 3 nitrogen and oxygen atoms in total. The zero-order valence-electron chi connectivity index (χ0n) is 8.63. The minimum atomic E-state index is -1.33. The quantitative estimate of drug-likeness (QED) is 0.753. The molecule has 4 heteroatoms. The summed E-state index contributed by atoms with van der Waals surface area (Å²) in [6.07, 6.45) is 0.896. The molecule has 2 N–H and O–H groups in total. The van der Waals surface area contributed by atoms with Crippen LogP contribution in [0.4, 0.5) is 0 Å². The first kappa shape index (κ1) is 12.2. The fourth-order valence-electron chi connectivity index (χ4n) is 1.30. The summed E-state index contributed by atoms with van der Waals surface area (Å²) in [5, 5.41) is 9.71. The summed E-state index contributed by atoms with van der Waals surface area (Å²) in [5.74, 6) is -1.27. The maximum absolute atomic E-state index is 10.8. The van der Waals surface area contributed by atoms with Crippen LogP contribution in [0.3, 0.4) is 0 Å². The zero-order chi connectivity index (χ0) is 11.3. The van der Waals surface area contributed by atoms with E-state index in [2.05, 4.69) is 0 Å². The van der Waals surface area contributed by atoms with E-state index < -0.39 is 20.0 Å². The Balaban J connectivity index is 2.62. The van der Waals surface area contributed by atoms with Gasteiger partial charge >= 0.3 is 5.97 Å². The van der Waals surface area contributed by atoms with Crippen LogP contribution < -0.4 is 5.30 Å². The van der Waals surface area contributed by atoms with Crippen LogP contribution in [0.15, 0.2) is 30.3 Å². The summed E-state index contributed by atoms with van der Waals surface area (Å²) >= 11 is 0. The molecular formula is C11H15O3P. The molecular weight excluding hydrogens is 211 g/mol. The molecule has 82 valence electrons. The van der Waals surface area contributed by atoms with Gasteiger partial charge in [-0.1, -0.05) is 37.3 Å². The van der Waals surface area contributed by atoms with Crippen LogP contribution in [0.2, 0.25) is 0 Å². The van der Waals surface area contributed by atoms with Crippen molar-refractivity contribution in [1.29, 1.82) is 0 Å². The Morgan fingerprint density at radius 2 is 2.00 bits per heavy atom. The van der Waals surface area contributed by atoms with Gasteiger partial charge in [0, 0.05) is 11.5 Å². The second-order valence-electron chi connectivity index (χ2n) is 3.36. The molecule has 1 aromatic carbocycles. The lowest BCUT2D eigenvalue weighted by Gasteiger charge is -2.15. The highest BCUT2D eigenvalue weighted by Gasteiger charge is 2.20. The molecule has 0 saturated carbocycles. The van der Waals surface area contributed by atoms with E-state index in [1.165, 1.54) is 0 Å². The molecule has 0 aliphatic carbocycles. The molecule has 1 aromatic rings. The fourth-order valence-corrected chi connectivity index (χ4v) is 2.86. The molecule has 2 atom stereocenters. The van der Waals surface area contributed by atoms with E-state index >= 15 is 0 Å². The number of benzene rings is 1. The van der Waals surface area contributed by atoms with Gasteiger partial charge < -0.3 is 10.00 Å². The Morgan fingerprint density at radius 1 is 1.40 bits per heavy atom. The summed E-state index contributed by atoms with van der Waals surface area (Å²) in [5.41, 5.74) is 0. The van der Waals surface area contributed by atoms with E-state index in [-0.39, 0.29) is 0 Å². The monoisotopic (exact) mass is 226 g/mol. The van der Waals surface area contributed by atoms with Gasteiger partial charge in [0.2, 0.25) is 0 Å². The minimum Gasteiger partial charge on any atom is -0.481 e. The third-order valence-electron chi connectivity index (χ3n) is 2.29. The SMILES string of the molecule is CCC(CP(O)c1ccccc1)C(=O)O. The second-order valence-corrected chi connectivity index (χ2v) is 5.04. The van der Waals surface area contributed by atoms with Gasteiger partial charge in [-0.05, 0) is 6.42 Å². The largest absolute Gasteiger partial charge is 0.481 e. The molecule has 0 aromatic heterocycles. The number of carbonyl (C=O) groups is 1. The first-order valence-electron chi connectivity index (χ1n) is 4.89. The van der Waals surface area contributed by atoms with Gasteiger partial charge in [0.05, 0.1) is 14.1 Å². The van der Waals surface area contributed by atoms with Crippen molar-refractivity contribution in [3.63, 3.8) is 0 Å². The van der Waals surface area contributed by atoms with Crippen LogP contribution in [0, 0.1) is 5.92 Å². The summed E-state index contributed by atoms with van der Waals surface area (Å²) in [7, 11) is -1.33. The lowest BCUT2D eigenvalue weighted by atomic mass is 10.1. The van der Waals surface area contributed by atoms with Crippen molar-refractivity contribution in [2.75, 3.05) is 6.16 Å². The van der Waals surface area contributed by atoms with Crippen molar-refractivity contribution in [3.8, 4) is 0 Å². The highest BCUT2D eigenvalue weighted by atomic mass is 31.1. The molecule has 2 unspecified atom stereocenters. The average Bonchev–Trinajstić information content (AvgIpc) is 2.26. The lowest BCUT2D eigenvalue weighted by Crippen LogP contribution is -2.18. The molecule has 0 bridgehead atoms. The van der Waals surface area contributed by atoms with Crippen LogP contribution >= 0.6 is 8.15 Å². The highest BCUT2D eigenvalue weighted by molar-refractivity contribution is 7.60. The Kier molecular flexibility index (Phi) is 4.73. The number of hydrogen-bond acceptors (Lipinski definition) is 2. The molecule has 0 saturated heterocycles.